The third-order valence-corrected chi connectivity index (χ3v) is 3.06. The first-order valence-corrected chi connectivity index (χ1v) is 5.55. The molecule has 1 aromatic carbocycles. The number of benzene rings is 1. The Balaban J connectivity index is 2.20. The normalized spacial score (nSPS) is 23.0. The van der Waals surface area contributed by atoms with Gasteiger partial charge in [0.1, 0.15) is 6.10 Å². The summed E-state index contributed by atoms with van der Waals surface area (Å²) in [6.07, 6.45) is 1.56. The van der Waals surface area contributed by atoms with Gasteiger partial charge in [-0.3, -0.25) is 0 Å². The third kappa shape index (κ3) is 2.21. The Hall–Kier alpha value is -0.860. The second-order valence-electron chi connectivity index (χ2n) is 4.36. The fourth-order valence-electron chi connectivity index (χ4n) is 2.21. The van der Waals surface area contributed by atoms with Crippen molar-refractivity contribution in [1.82, 2.24) is 0 Å². The lowest BCUT2D eigenvalue weighted by Gasteiger charge is -2.19. The van der Waals surface area contributed by atoms with E-state index in [4.69, 9.17) is 4.74 Å². The average Bonchev–Trinajstić information content (AvgIpc) is 2.69. The van der Waals surface area contributed by atoms with Crippen LogP contribution in [-0.4, -0.2) is 17.8 Å². The molecular weight excluding hydrogens is 188 g/mol. The molecule has 0 saturated carbocycles. The van der Waals surface area contributed by atoms with E-state index in [9.17, 15) is 5.11 Å². The van der Waals surface area contributed by atoms with E-state index in [-0.39, 0.29) is 6.10 Å². The van der Waals surface area contributed by atoms with Gasteiger partial charge in [0.15, 0.2) is 0 Å². The zero-order chi connectivity index (χ0) is 10.8. The predicted octanol–water partition coefficient (Wildman–Crippen LogP) is 2.52. The summed E-state index contributed by atoms with van der Waals surface area (Å²) in [6.45, 7) is 4.89. The number of rotatable bonds is 2. The lowest BCUT2D eigenvalue weighted by Crippen LogP contribution is -2.18. The lowest BCUT2D eigenvalue weighted by molar-refractivity contribution is -0.00288. The molecule has 2 heteroatoms. The van der Waals surface area contributed by atoms with E-state index in [0.29, 0.717) is 0 Å². The first kappa shape index (κ1) is 10.7. The Labute approximate surface area is 90.9 Å². The summed E-state index contributed by atoms with van der Waals surface area (Å²) in [5, 5.41) is 10.2. The van der Waals surface area contributed by atoms with Crippen LogP contribution in [0.5, 0.6) is 0 Å². The number of hydrogen-bond donors (Lipinski definition) is 1. The fraction of sp³-hybridized carbons (Fsp3) is 0.538. The van der Waals surface area contributed by atoms with Gasteiger partial charge in [0.05, 0.1) is 6.10 Å². The van der Waals surface area contributed by atoms with Crippen molar-refractivity contribution in [3.63, 3.8) is 0 Å². The molecule has 0 spiro atoms. The minimum absolute atomic E-state index is 0.00796. The largest absolute Gasteiger partial charge is 0.386 e. The Morgan fingerprint density at radius 1 is 1.40 bits per heavy atom. The first-order chi connectivity index (χ1) is 7.18. The van der Waals surface area contributed by atoms with Gasteiger partial charge in [-0.25, -0.2) is 0 Å². The molecule has 0 amide bonds. The van der Waals surface area contributed by atoms with E-state index in [1.807, 2.05) is 19.1 Å². The monoisotopic (exact) mass is 206 g/mol. The number of aliphatic hydroxyl groups excluding tert-OH is 1. The molecule has 1 N–H and O–H groups in total. The molecule has 0 radical (unpaired) electrons. The summed E-state index contributed by atoms with van der Waals surface area (Å²) in [6, 6.07) is 6.16. The molecule has 2 nitrogen and oxygen atoms in total. The molecule has 1 fully saturated rings. The molecule has 1 aliphatic rings. The van der Waals surface area contributed by atoms with Crippen molar-refractivity contribution >= 4 is 0 Å². The van der Waals surface area contributed by atoms with Gasteiger partial charge in [0.2, 0.25) is 0 Å². The van der Waals surface area contributed by atoms with Crippen molar-refractivity contribution in [2.45, 2.75) is 38.9 Å². The van der Waals surface area contributed by atoms with Crippen LogP contribution in [0.25, 0.3) is 0 Å². The Morgan fingerprint density at radius 3 is 2.80 bits per heavy atom. The van der Waals surface area contributed by atoms with E-state index in [1.54, 1.807) is 0 Å². The van der Waals surface area contributed by atoms with E-state index in [0.717, 1.165) is 30.6 Å². The molecule has 2 rings (SSSR count). The van der Waals surface area contributed by atoms with Crippen LogP contribution < -0.4 is 0 Å². The minimum Gasteiger partial charge on any atom is -0.386 e. The first-order valence-electron chi connectivity index (χ1n) is 5.55. The highest BCUT2D eigenvalue weighted by atomic mass is 16.5. The number of hydrogen-bond acceptors (Lipinski definition) is 2. The van der Waals surface area contributed by atoms with Crippen LogP contribution in [0.3, 0.4) is 0 Å². The highest BCUT2D eigenvalue weighted by molar-refractivity contribution is 5.32. The molecule has 0 aliphatic carbocycles. The number of ether oxygens (including phenoxy) is 1. The molecule has 0 aromatic heterocycles. The van der Waals surface area contributed by atoms with E-state index in [1.165, 1.54) is 5.56 Å². The third-order valence-electron chi connectivity index (χ3n) is 3.06. The zero-order valence-electron chi connectivity index (χ0n) is 9.36. The fourth-order valence-corrected chi connectivity index (χ4v) is 2.21. The van der Waals surface area contributed by atoms with Crippen LogP contribution in [0.4, 0.5) is 0 Å². The quantitative estimate of drug-likeness (QED) is 0.805. The van der Waals surface area contributed by atoms with Crippen molar-refractivity contribution in [2.75, 3.05) is 6.61 Å². The van der Waals surface area contributed by atoms with Gasteiger partial charge < -0.3 is 9.84 Å². The average molecular weight is 206 g/mol. The Morgan fingerprint density at radius 2 is 2.20 bits per heavy atom. The maximum absolute atomic E-state index is 10.2. The molecule has 1 heterocycles. The summed E-state index contributed by atoms with van der Waals surface area (Å²) < 4.78 is 5.50. The van der Waals surface area contributed by atoms with Gasteiger partial charge >= 0.3 is 0 Å². The predicted molar refractivity (Wildman–Crippen MR) is 59.8 cm³/mol. The van der Waals surface area contributed by atoms with Crippen molar-refractivity contribution in [1.29, 1.82) is 0 Å². The van der Waals surface area contributed by atoms with E-state index >= 15 is 0 Å². The van der Waals surface area contributed by atoms with Crippen LogP contribution in [0.1, 0.15) is 35.6 Å². The molecule has 15 heavy (non-hydrogen) atoms. The Bertz CT molecular complexity index is 340. The molecular formula is C13H18O2. The summed E-state index contributed by atoms with van der Waals surface area (Å²) in [5.41, 5.74) is 3.39. The van der Waals surface area contributed by atoms with Gasteiger partial charge in [-0.05, 0) is 37.8 Å². The Kier molecular flexibility index (Phi) is 3.08. The smallest absolute Gasteiger partial charge is 0.105 e. The van der Waals surface area contributed by atoms with Crippen molar-refractivity contribution in [2.24, 2.45) is 0 Å². The summed E-state index contributed by atoms with van der Waals surface area (Å²) in [7, 11) is 0. The van der Waals surface area contributed by atoms with Crippen molar-refractivity contribution in [3.05, 3.63) is 34.9 Å². The van der Waals surface area contributed by atoms with Crippen LogP contribution in [0.2, 0.25) is 0 Å². The molecule has 1 saturated heterocycles. The highest BCUT2D eigenvalue weighted by Crippen LogP contribution is 2.28. The molecule has 2 unspecified atom stereocenters. The van der Waals surface area contributed by atoms with Crippen LogP contribution >= 0.6 is 0 Å². The van der Waals surface area contributed by atoms with Crippen molar-refractivity contribution < 1.29 is 9.84 Å². The van der Waals surface area contributed by atoms with Crippen LogP contribution in [-0.2, 0) is 4.74 Å². The topological polar surface area (TPSA) is 29.5 Å². The standard InChI is InChI=1S/C13H18O2/c1-9-5-6-11(10(2)8-9)13(14)12-4-3-7-15-12/h5-6,8,12-14H,3-4,7H2,1-2H3. The van der Waals surface area contributed by atoms with Crippen LogP contribution in [0.15, 0.2) is 18.2 Å². The van der Waals surface area contributed by atoms with Gasteiger partial charge in [-0.2, -0.15) is 0 Å². The minimum atomic E-state index is -0.465. The highest BCUT2D eigenvalue weighted by Gasteiger charge is 2.26. The zero-order valence-corrected chi connectivity index (χ0v) is 9.36. The maximum atomic E-state index is 10.2. The molecule has 1 aromatic rings. The molecule has 1 aliphatic heterocycles. The van der Waals surface area contributed by atoms with Gasteiger partial charge in [0.25, 0.3) is 0 Å². The van der Waals surface area contributed by atoms with Gasteiger partial charge in [-0.1, -0.05) is 23.8 Å². The molecule has 2 atom stereocenters. The second kappa shape index (κ2) is 4.33. The molecule has 82 valence electrons. The summed E-state index contributed by atoms with van der Waals surface area (Å²) >= 11 is 0. The van der Waals surface area contributed by atoms with Crippen molar-refractivity contribution in [3.8, 4) is 0 Å². The van der Waals surface area contributed by atoms with Crippen LogP contribution in [0, 0.1) is 13.8 Å². The SMILES string of the molecule is Cc1ccc(C(O)C2CCCO2)c(C)c1. The van der Waals surface area contributed by atoms with E-state index in [2.05, 4.69) is 13.0 Å². The summed E-state index contributed by atoms with van der Waals surface area (Å²) in [4.78, 5) is 0. The number of aryl methyl sites for hydroxylation is 2. The van der Waals surface area contributed by atoms with E-state index < -0.39 is 6.10 Å². The maximum Gasteiger partial charge on any atom is 0.105 e. The van der Waals surface area contributed by atoms with Gasteiger partial charge in [-0.15, -0.1) is 0 Å². The number of aliphatic hydroxyl groups is 1. The second-order valence-corrected chi connectivity index (χ2v) is 4.36. The molecule has 0 bridgehead atoms. The van der Waals surface area contributed by atoms with Gasteiger partial charge in [0, 0.05) is 6.61 Å². The lowest BCUT2D eigenvalue weighted by atomic mass is 9.96. The summed E-state index contributed by atoms with van der Waals surface area (Å²) in [5.74, 6) is 0.